The maximum atomic E-state index is 12.1. The number of benzene rings is 1. The van der Waals surface area contributed by atoms with Gasteiger partial charge in [0.1, 0.15) is 0 Å². The van der Waals surface area contributed by atoms with Crippen molar-refractivity contribution < 1.29 is 19.4 Å². The second-order valence-corrected chi connectivity index (χ2v) is 4.76. The molecule has 102 valence electrons. The molecule has 5 heteroatoms. The van der Waals surface area contributed by atoms with Crippen LogP contribution in [-0.4, -0.2) is 42.1 Å². The molecule has 1 aliphatic rings. The van der Waals surface area contributed by atoms with Crippen LogP contribution in [-0.2, 0) is 16.1 Å². The van der Waals surface area contributed by atoms with Crippen LogP contribution in [0.4, 0.5) is 0 Å². The lowest BCUT2D eigenvalue weighted by Crippen LogP contribution is -2.32. The minimum atomic E-state index is -0.945. The predicted molar refractivity (Wildman–Crippen MR) is 68.8 cm³/mol. The van der Waals surface area contributed by atoms with Gasteiger partial charge in [0.05, 0.1) is 18.1 Å². The fourth-order valence-electron chi connectivity index (χ4n) is 2.15. The largest absolute Gasteiger partial charge is 0.478 e. The Balaban J connectivity index is 1.96. The van der Waals surface area contributed by atoms with Gasteiger partial charge in [-0.3, -0.25) is 4.79 Å². The Hall–Kier alpha value is -1.88. The average Bonchev–Trinajstić information content (AvgIpc) is 2.92. The highest BCUT2D eigenvalue weighted by atomic mass is 16.5. The highest BCUT2D eigenvalue weighted by molar-refractivity contribution is 5.87. The van der Waals surface area contributed by atoms with E-state index >= 15 is 0 Å². The molecule has 0 radical (unpaired) electrons. The van der Waals surface area contributed by atoms with E-state index in [1.54, 1.807) is 36.2 Å². The minimum absolute atomic E-state index is 0.0386. The zero-order valence-electron chi connectivity index (χ0n) is 10.8. The number of aromatic carboxylic acids is 1. The fourth-order valence-corrected chi connectivity index (χ4v) is 2.15. The molecular weight excluding hydrogens is 246 g/mol. The smallest absolute Gasteiger partial charge is 0.335 e. The zero-order chi connectivity index (χ0) is 13.8. The van der Waals surface area contributed by atoms with Gasteiger partial charge in [0.2, 0.25) is 5.91 Å². The molecule has 1 aromatic carbocycles. The third kappa shape index (κ3) is 3.32. The van der Waals surface area contributed by atoms with Gasteiger partial charge in [0, 0.05) is 20.2 Å². The van der Waals surface area contributed by atoms with E-state index in [0.29, 0.717) is 19.8 Å². The average molecular weight is 263 g/mol. The van der Waals surface area contributed by atoms with Gasteiger partial charge >= 0.3 is 5.97 Å². The first-order valence-corrected chi connectivity index (χ1v) is 6.23. The number of carboxylic acid groups (broad SMARTS) is 1. The summed E-state index contributed by atoms with van der Waals surface area (Å²) in [6, 6.07) is 6.57. The van der Waals surface area contributed by atoms with Crippen LogP contribution in [0.5, 0.6) is 0 Å². The number of ether oxygens (including phenoxy) is 1. The summed E-state index contributed by atoms with van der Waals surface area (Å²) < 4.78 is 5.21. The second-order valence-electron chi connectivity index (χ2n) is 4.76. The first kappa shape index (κ1) is 13.5. The molecule has 0 bridgehead atoms. The number of hydrogen-bond acceptors (Lipinski definition) is 3. The van der Waals surface area contributed by atoms with E-state index in [0.717, 1.165) is 12.0 Å². The monoisotopic (exact) mass is 263 g/mol. The Bertz CT molecular complexity index is 463. The predicted octanol–water partition coefficient (Wildman–Crippen LogP) is 1.38. The van der Waals surface area contributed by atoms with Crippen molar-refractivity contribution in [2.45, 2.75) is 13.0 Å². The molecular formula is C14H17NO4. The van der Waals surface area contributed by atoms with Crippen molar-refractivity contribution in [1.82, 2.24) is 4.90 Å². The van der Waals surface area contributed by atoms with Crippen molar-refractivity contribution >= 4 is 11.9 Å². The standard InChI is InChI=1S/C14H17NO4/c1-15(13(16)12-6-7-19-9-12)8-10-2-4-11(5-3-10)14(17)18/h2-5,12H,6-9H2,1H3,(H,17,18)/t12-/m0/s1. The first-order chi connectivity index (χ1) is 9.08. The third-order valence-corrected chi connectivity index (χ3v) is 3.28. The van der Waals surface area contributed by atoms with Crippen molar-refractivity contribution in [2.75, 3.05) is 20.3 Å². The molecule has 0 aliphatic carbocycles. The number of carbonyl (C=O) groups is 2. The number of amides is 1. The van der Waals surface area contributed by atoms with Crippen molar-refractivity contribution in [2.24, 2.45) is 5.92 Å². The second kappa shape index (κ2) is 5.84. The number of hydrogen-bond donors (Lipinski definition) is 1. The molecule has 0 saturated carbocycles. The van der Waals surface area contributed by atoms with E-state index < -0.39 is 5.97 Å². The normalized spacial score (nSPS) is 18.3. The molecule has 1 heterocycles. The lowest BCUT2D eigenvalue weighted by atomic mass is 10.1. The number of nitrogens with zero attached hydrogens (tertiary/aromatic N) is 1. The van der Waals surface area contributed by atoms with Gasteiger partial charge < -0.3 is 14.7 Å². The summed E-state index contributed by atoms with van der Waals surface area (Å²) in [7, 11) is 1.76. The maximum absolute atomic E-state index is 12.1. The first-order valence-electron chi connectivity index (χ1n) is 6.23. The summed E-state index contributed by atoms with van der Waals surface area (Å²) in [6.07, 6.45) is 0.779. The topological polar surface area (TPSA) is 66.8 Å². The van der Waals surface area contributed by atoms with E-state index in [1.807, 2.05) is 0 Å². The van der Waals surface area contributed by atoms with E-state index in [1.165, 1.54) is 0 Å². The van der Waals surface area contributed by atoms with Crippen LogP contribution in [0, 0.1) is 5.92 Å². The molecule has 1 aromatic rings. The van der Waals surface area contributed by atoms with Crippen LogP contribution in [0.15, 0.2) is 24.3 Å². The fraction of sp³-hybridized carbons (Fsp3) is 0.429. The summed E-state index contributed by atoms with van der Waals surface area (Å²) in [5.41, 5.74) is 1.17. The van der Waals surface area contributed by atoms with Crippen molar-refractivity contribution in [3.8, 4) is 0 Å². The molecule has 19 heavy (non-hydrogen) atoms. The zero-order valence-corrected chi connectivity index (χ0v) is 10.8. The number of carboxylic acids is 1. The summed E-state index contributed by atoms with van der Waals surface area (Å²) in [5, 5.41) is 8.81. The molecule has 5 nitrogen and oxygen atoms in total. The Kier molecular flexibility index (Phi) is 4.16. The Morgan fingerprint density at radius 2 is 2.05 bits per heavy atom. The minimum Gasteiger partial charge on any atom is -0.478 e. The van der Waals surface area contributed by atoms with E-state index in [9.17, 15) is 9.59 Å². The molecule has 0 aromatic heterocycles. The lowest BCUT2D eigenvalue weighted by Gasteiger charge is -2.20. The van der Waals surface area contributed by atoms with Crippen LogP contribution in [0.3, 0.4) is 0 Å². The summed E-state index contributed by atoms with van der Waals surface area (Å²) in [4.78, 5) is 24.5. The van der Waals surface area contributed by atoms with E-state index in [4.69, 9.17) is 9.84 Å². The van der Waals surface area contributed by atoms with Crippen molar-refractivity contribution in [3.05, 3.63) is 35.4 Å². The Labute approximate surface area is 111 Å². The van der Waals surface area contributed by atoms with Crippen LogP contribution in [0.25, 0.3) is 0 Å². The van der Waals surface area contributed by atoms with Gasteiger partial charge in [0.25, 0.3) is 0 Å². The quantitative estimate of drug-likeness (QED) is 0.891. The van der Waals surface area contributed by atoms with Gasteiger partial charge in [-0.1, -0.05) is 12.1 Å². The van der Waals surface area contributed by atoms with Crippen LogP contribution in [0.1, 0.15) is 22.3 Å². The van der Waals surface area contributed by atoms with E-state index in [-0.39, 0.29) is 17.4 Å². The summed E-state index contributed by atoms with van der Waals surface area (Å²) in [6.45, 7) is 1.63. The van der Waals surface area contributed by atoms with Crippen molar-refractivity contribution in [1.29, 1.82) is 0 Å². The molecule has 0 unspecified atom stereocenters. The molecule has 1 amide bonds. The molecule has 1 fully saturated rings. The molecule has 1 saturated heterocycles. The highest BCUT2D eigenvalue weighted by Crippen LogP contribution is 2.16. The molecule has 1 atom stereocenters. The SMILES string of the molecule is CN(Cc1ccc(C(=O)O)cc1)C(=O)[C@H]1CCOC1. The molecule has 1 N–H and O–H groups in total. The van der Waals surface area contributed by atoms with Crippen LogP contribution >= 0.6 is 0 Å². The van der Waals surface area contributed by atoms with Gasteiger partial charge in [-0.15, -0.1) is 0 Å². The summed E-state index contributed by atoms with van der Waals surface area (Å²) in [5.74, 6) is -0.901. The molecule has 0 spiro atoms. The number of rotatable bonds is 4. The molecule has 1 aliphatic heterocycles. The van der Waals surface area contributed by atoms with Gasteiger partial charge in [-0.25, -0.2) is 4.79 Å². The van der Waals surface area contributed by atoms with E-state index in [2.05, 4.69) is 0 Å². The number of carbonyl (C=O) groups excluding carboxylic acids is 1. The van der Waals surface area contributed by atoms with Gasteiger partial charge in [-0.05, 0) is 24.1 Å². The van der Waals surface area contributed by atoms with Gasteiger partial charge in [-0.2, -0.15) is 0 Å². The highest BCUT2D eigenvalue weighted by Gasteiger charge is 2.26. The Morgan fingerprint density at radius 3 is 2.58 bits per heavy atom. The van der Waals surface area contributed by atoms with Crippen LogP contribution in [0.2, 0.25) is 0 Å². The third-order valence-electron chi connectivity index (χ3n) is 3.28. The maximum Gasteiger partial charge on any atom is 0.335 e. The van der Waals surface area contributed by atoms with Crippen LogP contribution < -0.4 is 0 Å². The summed E-state index contributed by atoms with van der Waals surface area (Å²) >= 11 is 0. The van der Waals surface area contributed by atoms with Crippen molar-refractivity contribution in [3.63, 3.8) is 0 Å². The Morgan fingerprint density at radius 1 is 1.37 bits per heavy atom. The van der Waals surface area contributed by atoms with Gasteiger partial charge in [0.15, 0.2) is 0 Å². The lowest BCUT2D eigenvalue weighted by molar-refractivity contribution is -0.134. The molecule has 2 rings (SSSR count).